The van der Waals surface area contributed by atoms with E-state index in [2.05, 4.69) is 66.3 Å². The van der Waals surface area contributed by atoms with E-state index in [1.807, 2.05) is 0 Å². The molecular weight excluding hydrogens is 244 g/mol. The smallest absolute Gasteiger partial charge is 0.132 e. The third kappa shape index (κ3) is 4.60. The number of rotatable bonds is 8. The van der Waals surface area contributed by atoms with Gasteiger partial charge in [0.1, 0.15) is 11.4 Å². The molecule has 0 saturated carbocycles. The van der Waals surface area contributed by atoms with Gasteiger partial charge < -0.3 is 0 Å². The van der Waals surface area contributed by atoms with Crippen molar-refractivity contribution in [2.45, 2.75) is 39.5 Å². The van der Waals surface area contributed by atoms with E-state index in [9.17, 15) is 0 Å². The number of hydrogen-bond donors (Lipinski definition) is 0. The molecule has 0 saturated heterocycles. The van der Waals surface area contributed by atoms with Gasteiger partial charge in [0.25, 0.3) is 0 Å². The number of nitrogens with zero attached hydrogens (tertiary/aromatic N) is 2. The van der Waals surface area contributed by atoms with Crippen molar-refractivity contribution in [3.63, 3.8) is 0 Å². The molecule has 0 amide bonds. The molecule has 0 radical (unpaired) electrons. The molecule has 0 aromatic heterocycles. The van der Waals surface area contributed by atoms with Gasteiger partial charge in [-0.1, -0.05) is 26.7 Å². The Morgan fingerprint density at radius 1 is 0.650 bits per heavy atom. The fraction of sp³-hybridized carbons (Fsp3) is 0.667. The van der Waals surface area contributed by atoms with Crippen molar-refractivity contribution in [2.75, 3.05) is 41.3 Å². The van der Waals surface area contributed by atoms with Crippen LogP contribution in [0.5, 0.6) is 0 Å². The maximum Gasteiger partial charge on any atom is 0.132 e. The van der Waals surface area contributed by atoms with Crippen molar-refractivity contribution >= 4 is 11.4 Å². The predicted molar refractivity (Wildman–Crippen MR) is 93.3 cm³/mol. The first-order valence-electron chi connectivity index (χ1n) is 8.10. The molecule has 0 atom stereocenters. The average molecular weight is 278 g/mol. The molecule has 0 unspecified atom stereocenters. The highest BCUT2D eigenvalue weighted by molar-refractivity contribution is 5.52. The van der Waals surface area contributed by atoms with Gasteiger partial charge in [0.2, 0.25) is 0 Å². The third-order valence-corrected chi connectivity index (χ3v) is 4.39. The van der Waals surface area contributed by atoms with Crippen LogP contribution in [0.4, 0.5) is 11.4 Å². The van der Waals surface area contributed by atoms with Gasteiger partial charge in [0.15, 0.2) is 0 Å². The fourth-order valence-corrected chi connectivity index (χ4v) is 2.62. The Kier molecular flexibility index (Phi) is 6.22. The largest absolute Gasteiger partial charge is 0.296 e. The minimum atomic E-state index is 0.983. The monoisotopic (exact) mass is 278 g/mol. The molecule has 0 aliphatic carbocycles. The Morgan fingerprint density at radius 2 is 0.950 bits per heavy atom. The van der Waals surface area contributed by atoms with Crippen LogP contribution in [0.1, 0.15) is 39.5 Å². The molecule has 1 aromatic carbocycles. The predicted octanol–water partition coefficient (Wildman–Crippen LogP) is 4.42. The zero-order chi connectivity index (χ0) is 15.2. The van der Waals surface area contributed by atoms with Crippen LogP contribution in [0.25, 0.3) is 0 Å². The first kappa shape index (κ1) is 17.2. The van der Waals surface area contributed by atoms with E-state index in [1.165, 1.54) is 50.1 Å². The normalized spacial score (nSPS) is 12.7. The topological polar surface area (TPSA) is 0 Å². The second kappa shape index (κ2) is 7.24. The van der Waals surface area contributed by atoms with Crippen molar-refractivity contribution in [3.8, 4) is 0 Å². The molecule has 1 aromatic rings. The minimum absolute atomic E-state index is 0.983. The van der Waals surface area contributed by atoms with Crippen LogP contribution in [0.3, 0.4) is 0 Å². The van der Waals surface area contributed by atoms with Crippen molar-refractivity contribution < 1.29 is 0 Å². The second-order valence-electron chi connectivity index (χ2n) is 7.04. The Labute approximate surface area is 126 Å². The van der Waals surface area contributed by atoms with E-state index in [1.54, 1.807) is 0 Å². The third-order valence-electron chi connectivity index (χ3n) is 4.39. The standard InChI is InChI=1S/C18H34N2/c1-7-9-15-19(3,4)17-11-13-18(14-12-17)20(5,6)16-10-8-2/h11-14H,7-10,15-16H2,1-6H3/q+2. The van der Waals surface area contributed by atoms with Crippen LogP contribution in [-0.2, 0) is 0 Å². The lowest BCUT2D eigenvalue weighted by Gasteiger charge is -2.32. The summed E-state index contributed by atoms with van der Waals surface area (Å²) in [7, 11) is 9.23. The van der Waals surface area contributed by atoms with Crippen LogP contribution >= 0.6 is 0 Å². The van der Waals surface area contributed by atoms with E-state index < -0.39 is 0 Å². The number of benzene rings is 1. The summed E-state index contributed by atoms with van der Waals surface area (Å²) in [5, 5.41) is 0. The van der Waals surface area contributed by atoms with E-state index in [4.69, 9.17) is 0 Å². The quantitative estimate of drug-likeness (QED) is 0.617. The lowest BCUT2D eigenvalue weighted by Crippen LogP contribution is -2.42. The lowest BCUT2D eigenvalue weighted by molar-refractivity contribution is 0.382. The number of hydrogen-bond acceptors (Lipinski definition) is 0. The molecule has 0 aliphatic heterocycles. The van der Waals surface area contributed by atoms with Crippen molar-refractivity contribution in [1.29, 1.82) is 0 Å². The highest BCUT2D eigenvalue weighted by atomic mass is 15.3. The Bertz CT molecular complexity index is 351. The summed E-state index contributed by atoms with van der Waals surface area (Å²) < 4.78 is 1.97. The molecule has 2 heteroatoms. The summed E-state index contributed by atoms with van der Waals surface area (Å²) in [6, 6.07) is 9.27. The summed E-state index contributed by atoms with van der Waals surface area (Å²) >= 11 is 0. The molecule has 0 N–H and O–H groups in total. The summed E-state index contributed by atoms with van der Waals surface area (Å²) in [5.74, 6) is 0. The van der Waals surface area contributed by atoms with Crippen LogP contribution in [0.15, 0.2) is 24.3 Å². The molecule has 20 heavy (non-hydrogen) atoms. The average Bonchev–Trinajstić information content (AvgIpc) is 2.43. The Hall–Kier alpha value is -0.860. The maximum atomic E-state index is 2.32. The zero-order valence-corrected chi connectivity index (χ0v) is 14.4. The second-order valence-corrected chi connectivity index (χ2v) is 7.04. The van der Waals surface area contributed by atoms with E-state index in [-0.39, 0.29) is 0 Å². The summed E-state index contributed by atoms with van der Waals surface area (Å²) in [5.41, 5.74) is 2.83. The first-order chi connectivity index (χ1) is 9.33. The zero-order valence-electron chi connectivity index (χ0n) is 14.4. The fourth-order valence-electron chi connectivity index (χ4n) is 2.62. The SMILES string of the molecule is CCCC[N+](C)(C)c1ccc([N+](C)(C)CCCC)cc1. The molecule has 0 bridgehead atoms. The van der Waals surface area contributed by atoms with Gasteiger partial charge in [-0.05, 0) is 12.8 Å². The van der Waals surface area contributed by atoms with E-state index in [0.29, 0.717) is 0 Å². The molecular formula is C18H34N2+2. The summed E-state index contributed by atoms with van der Waals surface area (Å²) in [6.07, 6.45) is 5.10. The maximum absolute atomic E-state index is 2.32. The molecule has 0 aliphatic rings. The Balaban J connectivity index is 2.82. The van der Waals surface area contributed by atoms with Crippen molar-refractivity contribution in [2.24, 2.45) is 0 Å². The number of quaternary nitrogens is 2. The van der Waals surface area contributed by atoms with Crippen LogP contribution in [-0.4, -0.2) is 41.3 Å². The van der Waals surface area contributed by atoms with E-state index >= 15 is 0 Å². The van der Waals surface area contributed by atoms with Gasteiger partial charge in [-0.2, -0.15) is 0 Å². The van der Waals surface area contributed by atoms with Gasteiger partial charge in [0.05, 0.1) is 41.3 Å². The highest BCUT2D eigenvalue weighted by Crippen LogP contribution is 2.26. The first-order valence-corrected chi connectivity index (χ1v) is 8.10. The van der Waals surface area contributed by atoms with Gasteiger partial charge in [0, 0.05) is 24.3 Å². The van der Waals surface area contributed by atoms with Gasteiger partial charge in [-0.25, -0.2) is 0 Å². The van der Waals surface area contributed by atoms with Crippen LogP contribution in [0.2, 0.25) is 0 Å². The van der Waals surface area contributed by atoms with Gasteiger partial charge >= 0.3 is 0 Å². The van der Waals surface area contributed by atoms with Gasteiger partial charge in [-0.3, -0.25) is 8.97 Å². The Morgan fingerprint density at radius 3 is 1.20 bits per heavy atom. The van der Waals surface area contributed by atoms with Crippen LogP contribution < -0.4 is 8.97 Å². The summed E-state index contributed by atoms with van der Waals surface area (Å²) in [6.45, 7) is 6.95. The van der Waals surface area contributed by atoms with Crippen molar-refractivity contribution in [1.82, 2.24) is 8.97 Å². The summed E-state index contributed by atoms with van der Waals surface area (Å²) in [4.78, 5) is 0. The molecule has 2 nitrogen and oxygen atoms in total. The van der Waals surface area contributed by atoms with Crippen LogP contribution in [0, 0.1) is 0 Å². The molecule has 1 rings (SSSR count). The minimum Gasteiger partial charge on any atom is -0.296 e. The highest BCUT2D eigenvalue weighted by Gasteiger charge is 2.22. The van der Waals surface area contributed by atoms with E-state index in [0.717, 1.165) is 8.97 Å². The molecule has 0 fully saturated rings. The molecule has 0 spiro atoms. The van der Waals surface area contributed by atoms with Gasteiger partial charge in [-0.15, -0.1) is 0 Å². The molecule has 114 valence electrons. The van der Waals surface area contributed by atoms with Crippen molar-refractivity contribution in [3.05, 3.63) is 24.3 Å². The lowest BCUT2D eigenvalue weighted by atomic mass is 10.2. The number of unbranched alkanes of at least 4 members (excludes halogenated alkanes) is 2. The molecule has 0 heterocycles.